The molecule has 0 saturated carbocycles. The summed E-state index contributed by atoms with van der Waals surface area (Å²) in [5.74, 6) is -0.557. The van der Waals surface area contributed by atoms with E-state index in [0.29, 0.717) is 11.6 Å². The van der Waals surface area contributed by atoms with Gasteiger partial charge in [0.2, 0.25) is 16.9 Å². The van der Waals surface area contributed by atoms with Gasteiger partial charge in [0.05, 0.1) is 0 Å². The Morgan fingerprint density at radius 3 is 2.85 bits per heavy atom. The summed E-state index contributed by atoms with van der Waals surface area (Å²) >= 11 is 1.36. The summed E-state index contributed by atoms with van der Waals surface area (Å²) in [7, 11) is 0. The number of benzene rings is 1. The van der Waals surface area contributed by atoms with Crippen LogP contribution >= 0.6 is 11.3 Å². The van der Waals surface area contributed by atoms with Crippen LogP contribution in [0.2, 0.25) is 0 Å². The summed E-state index contributed by atoms with van der Waals surface area (Å²) in [6.07, 6.45) is 4.06. The van der Waals surface area contributed by atoms with Crippen LogP contribution in [0.4, 0.5) is 5.13 Å². The van der Waals surface area contributed by atoms with Crippen LogP contribution < -0.4 is 10.6 Å². The Morgan fingerprint density at radius 1 is 1.27 bits per heavy atom. The van der Waals surface area contributed by atoms with Gasteiger partial charge in [-0.2, -0.15) is 0 Å². The molecule has 136 valence electrons. The Balaban J connectivity index is 1.76. The molecule has 3 N–H and O–H groups in total. The van der Waals surface area contributed by atoms with Crippen LogP contribution in [0.15, 0.2) is 30.5 Å². The number of nitrogens with zero attached hydrogens (tertiary/aromatic N) is 2. The van der Waals surface area contributed by atoms with Crippen LogP contribution in [0.5, 0.6) is 0 Å². The van der Waals surface area contributed by atoms with Crippen molar-refractivity contribution in [2.24, 2.45) is 0 Å². The first kappa shape index (κ1) is 18.1. The number of carbonyl (C=O) groups is 2. The van der Waals surface area contributed by atoms with Crippen LogP contribution in [-0.2, 0) is 22.4 Å². The van der Waals surface area contributed by atoms with Gasteiger partial charge < -0.3 is 10.3 Å². The quantitative estimate of drug-likeness (QED) is 0.594. The minimum atomic E-state index is -0.690. The van der Waals surface area contributed by atoms with Gasteiger partial charge in [0.1, 0.15) is 11.0 Å². The highest BCUT2D eigenvalue weighted by Crippen LogP contribution is 2.20. The standard InChI is InChI=1S/C18H21N5O2S/c1-3-6-16-22-23-18(26-16)21-17(25)15(20-11(2)24)9-12-10-19-14-8-5-4-7-13(12)14/h4-5,7-8,10,15,19H,3,6,9H2,1-2H3,(H,20,24)(H,21,23,25). The molecule has 0 aliphatic heterocycles. The number of hydrogen-bond donors (Lipinski definition) is 3. The second-order valence-corrected chi connectivity index (χ2v) is 7.12. The summed E-state index contributed by atoms with van der Waals surface area (Å²) in [5.41, 5.74) is 1.97. The van der Waals surface area contributed by atoms with Crippen molar-refractivity contribution in [2.75, 3.05) is 5.32 Å². The zero-order valence-corrected chi connectivity index (χ0v) is 15.5. The van der Waals surface area contributed by atoms with E-state index in [2.05, 4.69) is 32.7 Å². The number of hydrogen-bond acceptors (Lipinski definition) is 5. The highest BCUT2D eigenvalue weighted by molar-refractivity contribution is 7.15. The third-order valence-corrected chi connectivity index (χ3v) is 4.85. The van der Waals surface area contributed by atoms with Crippen molar-refractivity contribution in [2.45, 2.75) is 39.2 Å². The Hall–Kier alpha value is -2.74. The number of anilines is 1. The SMILES string of the molecule is CCCc1nnc(NC(=O)C(Cc2c[nH]c3ccccc23)NC(C)=O)s1. The molecule has 26 heavy (non-hydrogen) atoms. The monoisotopic (exact) mass is 371 g/mol. The zero-order valence-electron chi connectivity index (χ0n) is 14.7. The summed E-state index contributed by atoms with van der Waals surface area (Å²) in [6, 6.07) is 7.17. The molecular formula is C18H21N5O2S. The van der Waals surface area contributed by atoms with E-state index in [1.54, 1.807) is 0 Å². The van der Waals surface area contributed by atoms with E-state index in [1.165, 1.54) is 18.3 Å². The van der Waals surface area contributed by atoms with E-state index in [4.69, 9.17) is 0 Å². The number of H-pyrrole nitrogens is 1. The average molecular weight is 371 g/mol. The van der Waals surface area contributed by atoms with E-state index in [1.807, 2.05) is 30.5 Å². The average Bonchev–Trinajstić information content (AvgIpc) is 3.21. The van der Waals surface area contributed by atoms with Gasteiger partial charge in [-0.15, -0.1) is 10.2 Å². The largest absolute Gasteiger partial charge is 0.361 e. The highest BCUT2D eigenvalue weighted by Gasteiger charge is 2.22. The van der Waals surface area contributed by atoms with Crippen molar-refractivity contribution in [1.82, 2.24) is 20.5 Å². The molecule has 1 atom stereocenters. The molecular weight excluding hydrogens is 350 g/mol. The number of carbonyl (C=O) groups excluding carboxylic acids is 2. The number of aryl methyl sites for hydroxylation is 1. The summed E-state index contributed by atoms with van der Waals surface area (Å²) in [4.78, 5) is 27.4. The second-order valence-electron chi connectivity index (χ2n) is 6.06. The Labute approximate surface area is 155 Å². The number of rotatable bonds is 7. The molecule has 3 aromatic rings. The lowest BCUT2D eigenvalue weighted by Gasteiger charge is -2.16. The number of aromatic nitrogens is 3. The van der Waals surface area contributed by atoms with E-state index in [-0.39, 0.29) is 11.8 Å². The van der Waals surface area contributed by atoms with Crippen molar-refractivity contribution in [3.8, 4) is 0 Å². The van der Waals surface area contributed by atoms with Crippen molar-refractivity contribution in [3.63, 3.8) is 0 Å². The predicted octanol–water partition coefficient (Wildman–Crippen LogP) is 2.66. The molecule has 0 aliphatic rings. The van der Waals surface area contributed by atoms with Crippen molar-refractivity contribution in [1.29, 1.82) is 0 Å². The van der Waals surface area contributed by atoms with Gasteiger partial charge in [-0.25, -0.2) is 0 Å². The molecule has 1 unspecified atom stereocenters. The number of nitrogens with one attached hydrogen (secondary N) is 3. The summed E-state index contributed by atoms with van der Waals surface area (Å²) < 4.78 is 0. The molecule has 0 fully saturated rings. The fraction of sp³-hybridized carbons (Fsp3) is 0.333. The van der Waals surface area contributed by atoms with Crippen LogP contribution in [-0.4, -0.2) is 33.0 Å². The van der Waals surface area contributed by atoms with Gasteiger partial charge in [0.25, 0.3) is 0 Å². The van der Waals surface area contributed by atoms with Crippen LogP contribution in [0.25, 0.3) is 10.9 Å². The van der Waals surface area contributed by atoms with Gasteiger partial charge in [0, 0.05) is 36.9 Å². The molecule has 0 saturated heterocycles. The maximum atomic E-state index is 12.7. The molecule has 2 aromatic heterocycles. The van der Waals surface area contributed by atoms with Crippen molar-refractivity contribution < 1.29 is 9.59 Å². The van der Waals surface area contributed by atoms with Crippen LogP contribution in [0.1, 0.15) is 30.8 Å². The smallest absolute Gasteiger partial charge is 0.249 e. The third-order valence-electron chi connectivity index (χ3n) is 3.95. The maximum Gasteiger partial charge on any atom is 0.249 e. The topological polar surface area (TPSA) is 99.8 Å². The van der Waals surface area contributed by atoms with E-state index >= 15 is 0 Å². The number of amides is 2. The maximum absolute atomic E-state index is 12.7. The van der Waals surface area contributed by atoms with Gasteiger partial charge >= 0.3 is 0 Å². The lowest BCUT2D eigenvalue weighted by Crippen LogP contribution is -2.44. The third kappa shape index (κ3) is 4.26. The molecule has 7 nitrogen and oxygen atoms in total. The number of aromatic amines is 1. The Kier molecular flexibility index (Phi) is 5.62. The first-order chi connectivity index (χ1) is 12.6. The molecule has 0 bridgehead atoms. The summed E-state index contributed by atoms with van der Waals surface area (Å²) in [5, 5.41) is 15.9. The lowest BCUT2D eigenvalue weighted by atomic mass is 10.0. The lowest BCUT2D eigenvalue weighted by molar-refractivity contribution is -0.125. The fourth-order valence-corrected chi connectivity index (χ4v) is 3.63. The molecule has 0 spiro atoms. The predicted molar refractivity (Wildman–Crippen MR) is 102 cm³/mol. The second kappa shape index (κ2) is 8.09. The number of fused-ring (bicyclic) bond motifs is 1. The highest BCUT2D eigenvalue weighted by atomic mass is 32.1. The molecule has 2 heterocycles. The van der Waals surface area contributed by atoms with E-state index in [0.717, 1.165) is 34.3 Å². The molecule has 3 rings (SSSR count). The van der Waals surface area contributed by atoms with E-state index in [9.17, 15) is 9.59 Å². The minimum absolute atomic E-state index is 0.256. The molecule has 0 aliphatic carbocycles. The fourth-order valence-electron chi connectivity index (χ4n) is 2.79. The molecule has 1 aromatic carbocycles. The number of para-hydroxylation sites is 1. The Morgan fingerprint density at radius 2 is 2.08 bits per heavy atom. The van der Waals surface area contributed by atoms with Gasteiger partial charge in [0.15, 0.2) is 0 Å². The molecule has 0 radical (unpaired) electrons. The van der Waals surface area contributed by atoms with Crippen LogP contribution in [0.3, 0.4) is 0 Å². The van der Waals surface area contributed by atoms with Crippen molar-refractivity contribution >= 4 is 39.2 Å². The van der Waals surface area contributed by atoms with E-state index < -0.39 is 6.04 Å². The molecule has 8 heteroatoms. The first-order valence-corrected chi connectivity index (χ1v) is 9.33. The van der Waals surface area contributed by atoms with Crippen molar-refractivity contribution in [3.05, 3.63) is 41.0 Å². The van der Waals surface area contributed by atoms with Crippen LogP contribution in [0, 0.1) is 0 Å². The normalized spacial score (nSPS) is 12.1. The van der Waals surface area contributed by atoms with Gasteiger partial charge in [-0.3, -0.25) is 14.9 Å². The first-order valence-electron chi connectivity index (χ1n) is 8.52. The van der Waals surface area contributed by atoms with Gasteiger partial charge in [-0.1, -0.05) is 36.5 Å². The zero-order chi connectivity index (χ0) is 18.5. The summed E-state index contributed by atoms with van der Waals surface area (Å²) in [6.45, 7) is 3.47. The van der Waals surface area contributed by atoms with Gasteiger partial charge in [-0.05, 0) is 18.1 Å². The molecule has 2 amide bonds. The minimum Gasteiger partial charge on any atom is -0.361 e. The Bertz CT molecular complexity index is 917.